The van der Waals surface area contributed by atoms with Crippen LogP contribution in [0.2, 0.25) is 0 Å². The third-order valence-electron chi connectivity index (χ3n) is 3.14. The molecule has 0 saturated carbocycles. The van der Waals surface area contributed by atoms with Gasteiger partial charge in [-0.2, -0.15) is 4.89 Å². The third-order valence-corrected chi connectivity index (χ3v) is 3.14. The molecule has 0 aliphatic rings. The van der Waals surface area contributed by atoms with Crippen molar-refractivity contribution >= 4 is 0 Å². The molecule has 0 aromatic heterocycles. The van der Waals surface area contributed by atoms with Gasteiger partial charge in [0.1, 0.15) is 17.2 Å². The van der Waals surface area contributed by atoms with Crippen LogP contribution in [0.25, 0.3) is 0 Å². The quantitative estimate of drug-likeness (QED) is 0.151. The predicted molar refractivity (Wildman–Crippen MR) is 94.6 cm³/mol. The summed E-state index contributed by atoms with van der Waals surface area (Å²) >= 11 is 0. The van der Waals surface area contributed by atoms with Gasteiger partial charge >= 0.3 is 0 Å². The largest absolute Gasteiger partial charge is 0.494 e. The fourth-order valence-corrected chi connectivity index (χ4v) is 1.86. The van der Waals surface area contributed by atoms with Gasteiger partial charge in [0.15, 0.2) is 6.26 Å². The van der Waals surface area contributed by atoms with Crippen LogP contribution in [0.4, 0.5) is 0 Å². The maximum absolute atomic E-state index is 5.59. The molecule has 2 aromatic rings. The zero-order valence-electron chi connectivity index (χ0n) is 14.3. The number of benzene rings is 2. The van der Waals surface area contributed by atoms with E-state index in [9.17, 15) is 0 Å². The van der Waals surface area contributed by atoms with Gasteiger partial charge in [0.05, 0.1) is 13.2 Å². The van der Waals surface area contributed by atoms with Crippen LogP contribution in [-0.4, -0.2) is 20.0 Å². The average molecular weight is 342 g/mol. The van der Waals surface area contributed by atoms with Crippen LogP contribution in [0.15, 0.2) is 67.1 Å². The SMILES string of the molecule is C=C=COOCCCOc1ccc(OCOc2ccc(C)cc2)cc1. The molecule has 0 saturated heterocycles. The molecular formula is C20H22O5. The molecule has 5 nitrogen and oxygen atoms in total. The molecule has 5 heteroatoms. The standard InChI is InChI=1S/C20H22O5/c1-3-13-24-25-15-4-14-21-18-9-11-20(12-10-18)23-16-22-19-7-5-17(2)6-8-19/h5-13H,1,4,14-16H2,2H3. The van der Waals surface area contributed by atoms with Crippen LogP contribution in [0.5, 0.6) is 17.2 Å². The lowest BCUT2D eigenvalue weighted by Crippen LogP contribution is -2.05. The van der Waals surface area contributed by atoms with Crippen LogP contribution < -0.4 is 14.2 Å². The summed E-state index contributed by atoms with van der Waals surface area (Å²) in [4.78, 5) is 9.49. The third kappa shape index (κ3) is 7.48. The van der Waals surface area contributed by atoms with Crippen molar-refractivity contribution < 1.29 is 24.0 Å². The first-order valence-electron chi connectivity index (χ1n) is 7.95. The van der Waals surface area contributed by atoms with Crippen LogP contribution >= 0.6 is 0 Å². The normalized spacial score (nSPS) is 9.80. The molecule has 0 spiro atoms. The van der Waals surface area contributed by atoms with Crippen molar-refractivity contribution in [2.75, 3.05) is 20.0 Å². The molecular weight excluding hydrogens is 320 g/mol. The van der Waals surface area contributed by atoms with Gasteiger partial charge in [0, 0.05) is 6.42 Å². The Morgan fingerprint density at radius 1 is 0.840 bits per heavy atom. The number of hydrogen-bond donors (Lipinski definition) is 0. The molecule has 0 heterocycles. The molecule has 0 aliphatic carbocycles. The highest BCUT2D eigenvalue weighted by molar-refractivity contribution is 5.31. The second-order valence-corrected chi connectivity index (χ2v) is 5.13. The van der Waals surface area contributed by atoms with Crippen molar-refractivity contribution in [3.8, 4) is 17.2 Å². The van der Waals surface area contributed by atoms with E-state index in [0.717, 1.165) is 11.5 Å². The molecule has 0 aliphatic heterocycles. The molecule has 2 aromatic carbocycles. The molecule has 0 bridgehead atoms. The zero-order valence-corrected chi connectivity index (χ0v) is 14.3. The Hall–Kier alpha value is -2.88. The summed E-state index contributed by atoms with van der Waals surface area (Å²) in [5, 5.41) is 0. The Morgan fingerprint density at radius 2 is 1.40 bits per heavy atom. The maximum Gasteiger partial charge on any atom is 0.230 e. The minimum atomic E-state index is 0.153. The number of rotatable bonds is 11. The summed E-state index contributed by atoms with van der Waals surface area (Å²) < 4.78 is 16.7. The van der Waals surface area contributed by atoms with Crippen molar-refractivity contribution in [3.05, 3.63) is 72.7 Å². The van der Waals surface area contributed by atoms with Crippen molar-refractivity contribution in [2.24, 2.45) is 0 Å². The Bertz CT molecular complexity index is 657. The lowest BCUT2D eigenvalue weighted by Gasteiger charge is -2.10. The molecule has 25 heavy (non-hydrogen) atoms. The monoisotopic (exact) mass is 342 g/mol. The second kappa shape index (κ2) is 10.8. The summed E-state index contributed by atoms with van der Waals surface area (Å²) in [5.41, 5.74) is 3.63. The molecule has 0 atom stereocenters. The minimum Gasteiger partial charge on any atom is -0.494 e. The molecule has 0 amide bonds. The van der Waals surface area contributed by atoms with Gasteiger partial charge in [-0.15, -0.1) is 0 Å². The second-order valence-electron chi connectivity index (χ2n) is 5.13. The fraction of sp³-hybridized carbons (Fsp3) is 0.250. The van der Waals surface area contributed by atoms with Crippen molar-refractivity contribution in [1.29, 1.82) is 0 Å². The molecule has 0 unspecified atom stereocenters. The summed E-state index contributed by atoms with van der Waals surface area (Å²) in [7, 11) is 0. The highest BCUT2D eigenvalue weighted by Crippen LogP contribution is 2.18. The van der Waals surface area contributed by atoms with Crippen molar-refractivity contribution in [3.63, 3.8) is 0 Å². The van der Waals surface area contributed by atoms with Gasteiger partial charge in [0.25, 0.3) is 0 Å². The zero-order chi connectivity index (χ0) is 17.7. The van der Waals surface area contributed by atoms with Crippen LogP contribution in [0, 0.1) is 6.92 Å². The maximum atomic E-state index is 5.59. The van der Waals surface area contributed by atoms with Gasteiger partial charge in [-0.3, -0.25) is 0 Å². The Labute approximate surface area is 148 Å². The van der Waals surface area contributed by atoms with Gasteiger partial charge in [-0.05, 0) is 43.3 Å². The van der Waals surface area contributed by atoms with Crippen LogP contribution in [0.3, 0.4) is 0 Å². The summed E-state index contributed by atoms with van der Waals surface area (Å²) in [6.07, 6.45) is 1.95. The lowest BCUT2D eigenvalue weighted by molar-refractivity contribution is -0.249. The fourth-order valence-electron chi connectivity index (χ4n) is 1.86. The first-order valence-corrected chi connectivity index (χ1v) is 7.95. The van der Waals surface area contributed by atoms with Gasteiger partial charge in [0.2, 0.25) is 6.79 Å². The van der Waals surface area contributed by atoms with E-state index in [1.807, 2.05) is 55.5 Å². The van der Waals surface area contributed by atoms with Crippen LogP contribution in [-0.2, 0) is 9.78 Å². The highest BCUT2D eigenvalue weighted by Gasteiger charge is 1.98. The number of aryl methyl sites for hydroxylation is 1. The highest BCUT2D eigenvalue weighted by atomic mass is 17.2. The van der Waals surface area contributed by atoms with E-state index in [1.165, 1.54) is 11.8 Å². The summed E-state index contributed by atoms with van der Waals surface area (Å²) in [6.45, 7) is 6.49. The molecule has 0 N–H and O–H groups in total. The Kier molecular flexibility index (Phi) is 7.98. The first kappa shape index (κ1) is 18.5. The van der Waals surface area contributed by atoms with Crippen molar-refractivity contribution in [2.45, 2.75) is 13.3 Å². The van der Waals surface area contributed by atoms with Gasteiger partial charge < -0.3 is 19.1 Å². The van der Waals surface area contributed by atoms with E-state index in [1.54, 1.807) is 0 Å². The molecule has 2 rings (SSSR count). The average Bonchev–Trinajstić information content (AvgIpc) is 2.64. The van der Waals surface area contributed by atoms with E-state index in [0.29, 0.717) is 25.4 Å². The molecule has 132 valence electrons. The summed E-state index contributed by atoms with van der Waals surface area (Å²) in [6, 6.07) is 15.2. The minimum absolute atomic E-state index is 0.153. The van der Waals surface area contributed by atoms with Crippen molar-refractivity contribution in [1.82, 2.24) is 0 Å². The van der Waals surface area contributed by atoms with Gasteiger partial charge in [-0.25, -0.2) is 0 Å². The van der Waals surface area contributed by atoms with Crippen LogP contribution in [0.1, 0.15) is 12.0 Å². The predicted octanol–water partition coefficient (Wildman–Crippen LogP) is 4.43. The van der Waals surface area contributed by atoms with E-state index in [4.69, 9.17) is 19.1 Å². The van der Waals surface area contributed by atoms with E-state index in [-0.39, 0.29) is 6.79 Å². The smallest absolute Gasteiger partial charge is 0.230 e. The van der Waals surface area contributed by atoms with E-state index < -0.39 is 0 Å². The van der Waals surface area contributed by atoms with Gasteiger partial charge in [-0.1, -0.05) is 30.0 Å². The first-order chi connectivity index (χ1) is 12.3. The summed E-state index contributed by atoms with van der Waals surface area (Å²) in [5.74, 6) is 2.26. The number of ether oxygens (including phenoxy) is 3. The lowest BCUT2D eigenvalue weighted by atomic mass is 10.2. The topological polar surface area (TPSA) is 46.2 Å². The van der Waals surface area contributed by atoms with E-state index in [2.05, 4.69) is 17.2 Å². The molecule has 0 radical (unpaired) electrons. The Balaban J connectivity index is 1.62. The molecule has 0 fully saturated rings. The number of hydrogen-bond acceptors (Lipinski definition) is 5. The Morgan fingerprint density at radius 3 is 2.00 bits per heavy atom. The van der Waals surface area contributed by atoms with E-state index >= 15 is 0 Å².